The molecule has 0 saturated carbocycles. The number of anilines is 2. The molecule has 2 heterocycles. The first kappa shape index (κ1) is 26.3. The number of carbonyl (C=O) groups excluding carboxylic acids is 2. The van der Waals surface area contributed by atoms with Crippen molar-refractivity contribution in [3.63, 3.8) is 0 Å². The van der Waals surface area contributed by atoms with Crippen LogP contribution in [0, 0.1) is 0 Å². The summed E-state index contributed by atoms with van der Waals surface area (Å²) in [7, 11) is 1.44. The maximum atomic E-state index is 12.3. The molecule has 1 fully saturated rings. The lowest BCUT2D eigenvalue weighted by Crippen LogP contribution is -2.56. The summed E-state index contributed by atoms with van der Waals surface area (Å²) in [6.45, 7) is 3.13. The zero-order valence-corrected chi connectivity index (χ0v) is 20.4. The van der Waals surface area contributed by atoms with Crippen LogP contribution >= 0.6 is 23.2 Å². The van der Waals surface area contributed by atoms with Gasteiger partial charge in [-0.25, -0.2) is 14.8 Å². The first-order valence-corrected chi connectivity index (χ1v) is 11.2. The number of nitrogens with zero attached hydrogens (tertiary/aromatic N) is 3. The van der Waals surface area contributed by atoms with Gasteiger partial charge in [-0.15, -0.1) is 0 Å². The van der Waals surface area contributed by atoms with Crippen LogP contribution in [0.5, 0.6) is 11.5 Å². The van der Waals surface area contributed by atoms with E-state index in [1.807, 2.05) is 0 Å². The summed E-state index contributed by atoms with van der Waals surface area (Å²) in [5, 5.41) is 4.55. The molecular formula is C23H17Cl2F3N4O5. The lowest BCUT2D eigenvalue weighted by atomic mass is 10.1. The average molecular weight is 557 g/mol. The molecular weight excluding hydrogens is 540 g/mol. The van der Waals surface area contributed by atoms with Gasteiger partial charge in [0.1, 0.15) is 18.2 Å². The third-order valence-electron chi connectivity index (χ3n) is 5.22. The lowest BCUT2D eigenvalue weighted by Gasteiger charge is -2.39. The van der Waals surface area contributed by atoms with Crippen molar-refractivity contribution >= 4 is 57.5 Å². The van der Waals surface area contributed by atoms with E-state index in [-0.39, 0.29) is 13.1 Å². The highest BCUT2D eigenvalue weighted by Crippen LogP contribution is 2.37. The van der Waals surface area contributed by atoms with E-state index in [9.17, 15) is 22.8 Å². The van der Waals surface area contributed by atoms with Gasteiger partial charge in [-0.05, 0) is 24.3 Å². The molecule has 0 bridgehead atoms. The number of nitrogens with one attached hydrogen (secondary N) is 1. The van der Waals surface area contributed by atoms with E-state index in [1.165, 1.54) is 13.4 Å². The van der Waals surface area contributed by atoms with Gasteiger partial charge in [0.25, 0.3) is 5.91 Å². The molecule has 0 spiro atoms. The molecule has 9 nitrogen and oxygen atoms in total. The molecule has 194 valence electrons. The number of halogens is 5. The molecule has 1 N–H and O–H groups in total. The largest absolute Gasteiger partial charge is 0.493 e. The summed E-state index contributed by atoms with van der Waals surface area (Å²) in [6, 6.07) is 8.23. The number of esters is 1. The van der Waals surface area contributed by atoms with Crippen molar-refractivity contribution in [2.24, 2.45) is 0 Å². The molecule has 1 aromatic heterocycles. The number of fused-ring (bicyclic) bond motifs is 1. The van der Waals surface area contributed by atoms with Crippen molar-refractivity contribution in [3.8, 4) is 11.5 Å². The van der Waals surface area contributed by atoms with Gasteiger partial charge in [0, 0.05) is 16.5 Å². The summed E-state index contributed by atoms with van der Waals surface area (Å²) in [6.07, 6.45) is -4.40. The second-order valence-corrected chi connectivity index (χ2v) is 8.60. The van der Waals surface area contributed by atoms with Crippen LogP contribution in [0.4, 0.5) is 24.7 Å². The van der Waals surface area contributed by atoms with Crippen LogP contribution in [0.15, 0.2) is 49.0 Å². The first-order valence-electron chi connectivity index (χ1n) is 10.4. The van der Waals surface area contributed by atoms with Crippen molar-refractivity contribution in [1.82, 2.24) is 14.9 Å². The van der Waals surface area contributed by atoms with Crippen LogP contribution in [0.2, 0.25) is 10.0 Å². The van der Waals surface area contributed by atoms with Gasteiger partial charge in [0.05, 0.1) is 36.4 Å². The Balaban J connectivity index is 1.48. The van der Waals surface area contributed by atoms with Crippen molar-refractivity contribution in [2.45, 2.75) is 12.3 Å². The summed E-state index contributed by atoms with van der Waals surface area (Å²) >= 11 is 12.2. The number of hydrogen-bond acceptors (Lipinski definition) is 8. The number of amides is 1. The zero-order valence-electron chi connectivity index (χ0n) is 18.9. The summed E-state index contributed by atoms with van der Waals surface area (Å²) < 4.78 is 52.4. The molecule has 2 aromatic carbocycles. The zero-order chi connectivity index (χ0) is 26.9. The van der Waals surface area contributed by atoms with Crippen molar-refractivity contribution in [3.05, 3.63) is 59.0 Å². The fourth-order valence-corrected chi connectivity index (χ4v) is 3.84. The highest BCUT2D eigenvalue weighted by molar-refractivity contribution is 6.36. The van der Waals surface area contributed by atoms with Crippen LogP contribution < -0.4 is 14.8 Å². The first-order chi connectivity index (χ1) is 17.5. The number of carbonyl (C=O) groups is 2. The highest BCUT2D eigenvalue weighted by atomic mass is 35.5. The molecule has 37 heavy (non-hydrogen) atoms. The SMILES string of the molecule is C=C(OC(=O)C(F)(F)F)C(=O)N1CC(Oc2cc3c(Nc4ccc(Cl)cc4Cl)ncnc3cc2OC)C1. The normalized spacial score (nSPS) is 13.6. The summed E-state index contributed by atoms with van der Waals surface area (Å²) in [5.41, 5.74) is 1.10. The van der Waals surface area contributed by atoms with Gasteiger partial charge in [-0.1, -0.05) is 29.8 Å². The molecule has 14 heteroatoms. The lowest BCUT2D eigenvalue weighted by molar-refractivity contribution is -0.196. The Labute approximate surface area is 217 Å². The maximum absolute atomic E-state index is 12.3. The Morgan fingerprint density at radius 2 is 1.86 bits per heavy atom. The molecule has 0 unspecified atom stereocenters. The number of methoxy groups -OCH3 is 1. The Morgan fingerprint density at radius 1 is 1.14 bits per heavy atom. The summed E-state index contributed by atoms with van der Waals surface area (Å²) in [4.78, 5) is 32.8. The van der Waals surface area contributed by atoms with Crippen LogP contribution in [0.3, 0.4) is 0 Å². The second kappa shape index (κ2) is 10.3. The molecule has 1 aliphatic rings. The molecule has 1 saturated heterocycles. The predicted molar refractivity (Wildman–Crippen MR) is 128 cm³/mol. The van der Waals surface area contributed by atoms with Crippen LogP contribution in [-0.2, 0) is 14.3 Å². The number of hydrogen-bond donors (Lipinski definition) is 1. The minimum absolute atomic E-state index is 0.0133. The minimum Gasteiger partial charge on any atom is -0.493 e. The van der Waals surface area contributed by atoms with Crippen LogP contribution in [-0.4, -0.2) is 59.2 Å². The fraction of sp³-hybridized carbons (Fsp3) is 0.217. The second-order valence-electron chi connectivity index (χ2n) is 7.75. The Hall–Kier alpha value is -3.77. The third-order valence-corrected chi connectivity index (χ3v) is 5.77. The molecule has 0 atom stereocenters. The smallest absolute Gasteiger partial charge is 0.491 e. The maximum Gasteiger partial charge on any atom is 0.491 e. The van der Waals surface area contributed by atoms with Gasteiger partial charge >= 0.3 is 12.1 Å². The molecule has 4 rings (SSSR count). The van der Waals surface area contributed by atoms with E-state index < -0.39 is 29.9 Å². The standard InChI is InChI=1S/C23H17Cl2F3N4O5/c1-11(36-22(34)23(26,27)28)21(33)32-8-13(9-32)37-19-6-14-17(7-18(19)35-2)29-10-30-20(14)31-16-4-3-12(24)5-15(16)25/h3-7,10,13H,1,8-9H2,2H3,(H,29,30,31). The van der Waals surface area contributed by atoms with E-state index >= 15 is 0 Å². The van der Waals surface area contributed by atoms with E-state index in [2.05, 4.69) is 26.6 Å². The van der Waals surface area contributed by atoms with Crippen LogP contribution in [0.1, 0.15) is 0 Å². The Bertz CT molecular complexity index is 1400. The molecule has 3 aromatic rings. The van der Waals surface area contributed by atoms with Crippen molar-refractivity contribution in [2.75, 3.05) is 25.5 Å². The monoisotopic (exact) mass is 556 g/mol. The van der Waals surface area contributed by atoms with Gasteiger partial charge in [0.2, 0.25) is 0 Å². The van der Waals surface area contributed by atoms with Gasteiger partial charge in [0.15, 0.2) is 17.3 Å². The Morgan fingerprint density at radius 3 is 2.51 bits per heavy atom. The van der Waals surface area contributed by atoms with E-state index in [1.54, 1.807) is 30.3 Å². The van der Waals surface area contributed by atoms with E-state index in [0.717, 1.165) is 4.90 Å². The molecule has 0 aliphatic carbocycles. The number of likely N-dealkylation sites (tertiary alicyclic amines) is 1. The van der Waals surface area contributed by atoms with Gasteiger partial charge < -0.3 is 24.4 Å². The van der Waals surface area contributed by atoms with Crippen molar-refractivity contribution in [1.29, 1.82) is 0 Å². The topological polar surface area (TPSA) is 103 Å². The number of ether oxygens (including phenoxy) is 3. The number of rotatable bonds is 7. The van der Waals surface area contributed by atoms with E-state index in [0.29, 0.717) is 44.0 Å². The molecule has 1 aliphatic heterocycles. The van der Waals surface area contributed by atoms with E-state index in [4.69, 9.17) is 32.7 Å². The quantitative estimate of drug-likeness (QED) is 0.249. The number of alkyl halides is 3. The van der Waals surface area contributed by atoms with Gasteiger partial charge in [-0.3, -0.25) is 4.79 Å². The predicted octanol–water partition coefficient (Wildman–Crippen LogP) is 4.90. The van der Waals surface area contributed by atoms with Gasteiger partial charge in [-0.2, -0.15) is 13.2 Å². The fourth-order valence-electron chi connectivity index (χ4n) is 3.38. The summed E-state index contributed by atoms with van der Waals surface area (Å²) in [5.74, 6) is -3.31. The molecule has 0 radical (unpaired) electrons. The minimum atomic E-state index is -5.24. The highest BCUT2D eigenvalue weighted by Gasteiger charge is 2.43. The number of aromatic nitrogens is 2. The third kappa shape index (κ3) is 5.81. The van der Waals surface area contributed by atoms with Crippen molar-refractivity contribution < 1.29 is 37.0 Å². The molecule has 1 amide bonds. The number of benzene rings is 2. The average Bonchev–Trinajstić information content (AvgIpc) is 2.81. The Kier molecular flexibility index (Phi) is 7.32. The van der Waals surface area contributed by atoms with Crippen LogP contribution in [0.25, 0.3) is 10.9 Å².